The van der Waals surface area contributed by atoms with Gasteiger partial charge in [-0.15, -0.1) is 0 Å². The highest BCUT2D eigenvalue weighted by Gasteiger charge is 2.22. The molecule has 0 atom stereocenters. The van der Waals surface area contributed by atoms with Gasteiger partial charge in [0.1, 0.15) is 5.75 Å². The number of ether oxygens (including phenoxy) is 1. The summed E-state index contributed by atoms with van der Waals surface area (Å²) in [7, 11) is 0. The number of benzene rings is 1. The van der Waals surface area contributed by atoms with E-state index in [2.05, 4.69) is 11.2 Å². The Hall–Kier alpha value is -1.51. The van der Waals surface area contributed by atoms with Gasteiger partial charge in [-0.25, -0.2) is 0 Å². The van der Waals surface area contributed by atoms with Crippen molar-refractivity contribution < 1.29 is 9.94 Å². The Balaban J connectivity index is 1.90. The predicted octanol–water partition coefficient (Wildman–Crippen LogP) is 3.52. The maximum absolute atomic E-state index is 9.06. The number of hydrogen-bond donors (Lipinski definition) is 1. The highest BCUT2D eigenvalue weighted by Crippen LogP contribution is 2.32. The molecule has 1 aromatic carbocycles. The quantitative estimate of drug-likeness (QED) is 0.639. The molecule has 3 nitrogen and oxygen atoms in total. The van der Waals surface area contributed by atoms with Crippen LogP contribution < -0.4 is 4.74 Å². The lowest BCUT2D eigenvalue weighted by molar-refractivity contribution is 0.207. The molecule has 0 unspecified atom stereocenters. The van der Waals surface area contributed by atoms with E-state index in [1.165, 1.54) is 31.2 Å². The molecule has 1 aromatic rings. The van der Waals surface area contributed by atoms with E-state index in [0.29, 0.717) is 6.10 Å². The second kappa shape index (κ2) is 5.01. The summed E-state index contributed by atoms with van der Waals surface area (Å²) in [6.45, 7) is 0. The lowest BCUT2D eigenvalue weighted by Gasteiger charge is -2.22. The van der Waals surface area contributed by atoms with E-state index in [9.17, 15) is 0 Å². The molecule has 2 aliphatic carbocycles. The molecule has 0 aromatic heterocycles. The summed E-state index contributed by atoms with van der Waals surface area (Å²) >= 11 is 0. The second-order valence-electron chi connectivity index (χ2n) is 5.21. The number of fused-ring (bicyclic) bond motifs is 1. The van der Waals surface area contributed by atoms with E-state index in [1.807, 2.05) is 12.1 Å². The number of oxime groups is 1. The van der Waals surface area contributed by atoms with Gasteiger partial charge in [0.2, 0.25) is 0 Å². The number of hydrogen-bond acceptors (Lipinski definition) is 3. The van der Waals surface area contributed by atoms with Crippen molar-refractivity contribution in [2.75, 3.05) is 0 Å². The lowest BCUT2D eigenvalue weighted by Crippen LogP contribution is -2.17. The number of rotatable bonds is 2. The van der Waals surface area contributed by atoms with Crippen molar-refractivity contribution in [1.82, 2.24) is 0 Å². The lowest BCUT2D eigenvalue weighted by atomic mass is 9.89. The summed E-state index contributed by atoms with van der Waals surface area (Å²) in [5.41, 5.74) is 3.09. The van der Waals surface area contributed by atoms with Gasteiger partial charge in [-0.2, -0.15) is 0 Å². The monoisotopic (exact) mass is 245 g/mol. The van der Waals surface area contributed by atoms with Crippen molar-refractivity contribution in [1.29, 1.82) is 0 Å². The maximum atomic E-state index is 9.06. The molecule has 0 amide bonds. The fourth-order valence-corrected chi connectivity index (χ4v) is 3.06. The van der Waals surface area contributed by atoms with Gasteiger partial charge < -0.3 is 9.94 Å². The first-order chi connectivity index (χ1) is 8.88. The molecule has 96 valence electrons. The molecule has 0 bridgehead atoms. The van der Waals surface area contributed by atoms with Crippen molar-refractivity contribution >= 4 is 5.71 Å². The van der Waals surface area contributed by atoms with Gasteiger partial charge in [0.25, 0.3) is 0 Å². The van der Waals surface area contributed by atoms with Crippen LogP contribution in [0, 0.1) is 0 Å². The van der Waals surface area contributed by atoms with Gasteiger partial charge in [-0.1, -0.05) is 17.3 Å². The van der Waals surface area contributed by atoms with Gasteiger partial charge in [-0.05, 0) is 51.0 Å². The van der Waals surface area contributed by atoms with Crippen molar-refractivity contribution in [3.8, 4) is 5.75 Å². The largest absolute Gasteiger partial charge is 0.490 e. The van der Waals surface area contributed by atoms with Crippen LogP contribution in [-0.4, -0.2) is 17.0 Å². The predicted molar refractivity (Wildman–Crippen MR) is 70.6 cm³/mol. The molecule has 18 heavy (non-hydrogen) atoms. The van der Waals surface area contributed by atoms with E-state index in [1.54, 1.807) is 0 Å². The summed E-state index contributed by atoms with van der Waals surface area (Å²) in [4.78, 5) is 0. The fraction of sp³-hybridized carbons (Fsp3) is 0.533. The molecular formula is C15H19NO2. The fourth-order valence-electron chi connectivity index (χ4n) is 3.06. The van der Waals surface area contributed by atoms with Crippen LogP contribution >= 0.6 is 0 Å². The first-order valence-electron chi connectivity index (χ1n) is 6.88. The molecule has 0 heterocycles. The molecule has 1 N–H and O–H groups in total. The van der Waals surface area contributed by atoms with E-state index < -0.39 is 0 Å². The van der Waals surface area contributed by atoms with Crippen LogP contribution in [0.25, 0.3) is 0 Å². The van der Waals surface area contributed by atoms with Gasteiger partial charge >= 0.3 is 0 Å². The molecule has 0 radical (unpaired) electrons. The highest BCUT2D eigenvalue weighted by atomic mass is 16.5. The van der Waals surface area contributed by atoms with Crippen LogP contribution in [0.15, 0.2) is 23.4 Å². The highest BCUT2D eigenvalue weighted by molar-refractivity contribution is 6.02. The zero-order chi connectivity index (χ0) is 12.4. The van der Waals surface area contributed by atoms with Crippen molar-refractivity contribution in [3.63, 3.8) is 0 Å². The third-order valence-corrected chi connectivity index (χ3v) is 4.00. The minimum absolute atomic E-state index is 0.382. The summed E-state index contributed by atoms with van der Waals surface area (Å²) in [5.74, 6) is 1.00. The molecule has 1 fully saturated rings. The second-order valence-corrected chi connectivity index (χ2v) is 5.21. The van der Waals surface area contributed by atoms with Crippen LogP contribution in [0.2, 0.25) is 0 Å². The minimum atomic E-state index is 0.382. The number of nitrogens with zero attached hydrogens (tertiary/aromatic N) is 1. The van der Waals surface area contributed by atoms with Gasteiger partial charge in [0.05, 0.1) is 11.8 Å². The van der Waals surface area contributed by atoms with Crippen LogP contribution in [0.5, 0.6) is 5.75 Å². The topological polar surface area (TPSA) is 41.8 Å². The first kappa shape index (κ1) is 11.6. The molecule has 1 saturated carbocycles. The average Bonchev–Trinajstić information content (AvgIpc) is 2.91. The Morgan fingerprint density at radius 3 is 2.72 bits per heavy atom. The van der Waals surface area contributed by atoms with Gasteiger partial charge in [-0.3, -0.25) is 0 Å². The van der Waals surface area contributed by atoms with E-state index >= 15 is 0 Å². The Kier molecular flexibility index (Phi) is 3.22. The van der Waals surface area contributed by atoms with Crippen LogP contribution in [0.1, 0.15) is 49.7 Å². The van der Waals surface area contributed by atoms with Crippen LogP contribution in [0.3, 0.4) is 0 Å². The summed E-state index contributed by atoms with van der Waals surface area (Å²) in [6, 6.07) is 6.09. The Morgan fingerprint density at radius 1 is 1.11 bits per heavy atom. The van der Waals surface area contributed by atoms with Crippen molar-refractivity contribution in [2.45, 2.75) is 51.0 Å². The molecule has 0 spiro atoms. The third kappa shape index (κ3) is 2.09. The normalized spacial score (nSPS) is 22.1. The Labute approximate surface area is 107 Å². The third-order valence-electron chi connectivity index (χ3n) is 4.00. The maximum Gasteiger partial charge on any atom is 0.123 e. The zero-order valence-corrected chi connectivity index (χ0v) is 10.6. The first-order valence-corrected chi connectivity index (χ1v) is 6.88. The van der Waals surface area contributed by atoms with Crippen LogP contribution in [0.4, 0.5) is 0 Å². The van der Waals surface area contributed by atoms with Crippen molar-refractivity contribution in [3.05, 3.63) is 29.3 Å². The molecular weight excluding hydrogens is 226 g/mol. The SMILES string of the molecule is ON=C1CCCc2c(OC3CCCC3)cccc21. The Morgan fingerprint density at radius 2 is 1.94 bits per heavy atom. The molecule has 3 heteroatoms. The summed E-state index contributed by atoms with van der Waals surface area (Å²) in [6.07, 6.45) is 8.21. The molecule has 0 saturated heterocycles. The minimum Gasteiger partial charge on any atom is -0.490 e. The molecule has 2 aliphatic rings. The average molecular weight is 245 g/mol. The smallest absolute Gasteiger partial charge is 0.123 e. The van der Waals surface area contributed by atoms with E-state index in [4.69, 9.17) is 9.94 Å². The molecule has 3 rings (SSSR count). The van der Waals surface area contributed by atoms with Crippen LogP contribution in [-0.2, 0) is 6.42 Å². The van der Waals surface area contributed by atoms with Gasteiger partial charge in [0, 0.05) is 11.1 Å². The van der Waals surface area contributed by atoms with Gasteiger partial charge in [0.15, 0.2) is 0 Å². The summed E-state index contributed by atoms with van der Waals surface area (Å²) in [5, 5.41) is 12.5. The van der Waals surface area contributed by atoms with Crippen molar-refractivity contribution in [2.24, 2.45) is 5.16 Å². The standard InChI is InChI=1S/C15H19NO2/c17-16-14-9-3-8-13-12(14)7-4-10-15(13)18-11-5-1-2-6-11/h4,7,10-11,17H,1-3,5-6,8-9H2. The molecule has 0 aliphatic heterocycles. The Bertz CT molecular complexity index is 462. The zero-order valence-electron chi connectivity index (χ0n) is 10.6. The van der Waals surface area contributed by atoms with E-state index in [0.717, 1.165) is 36.3 Å². The summed E-state index contributed by atoms with van der Waals surface area (Å²) < 4.78 is 6.13. The van der Waals surface area contributed by atoms with E-state index in [-0.39, 0.29) is 0 Å².